The van der Waals surface area contributed by atoms with Crippen molar-refractivity contribution < 1.29 is 19.8 Å². The Balaban J connectivity index is 0.000000929. The van der Waals surface area contributed by atoms with E-state index in [2.05, 4.69) is 55.5 Å². The van der Waals surface area contributed by atoms with E-state index >= 15 is 0 Å². The van der Waals surface area contributed by atoms with E-state index in [4.69, 9.17) is 15.9 Å². The van der Waals surface area contributed by atoms with Crippen LogP contribution in [0.2, 0.25) is 0 Å². The summed E-state index contributed by atoms with van der Waals surface area (Å²) in [6, 6.07) is 0. The van der Waals surface area contributed by atoms with Gasteiger partial charge in [0, 0.05) is 6.42 Å². The summed E-state index contributed by atoms with van der Waals surface area (Å²) in [5.74, 6) is -1.58. The molecule has 0 aliphatic heterocycles. The fourth-order valence-corrected chi connectivity index (χ4v) is 2.28. The first-order valence-corrected chi connectivity index (χ1v) is 10.8. The maximum Gasteiger partial charge on any atom is 0.323 e. The van der Waals surface area contributed by atoms with Gasteiger partial charge in [-0.3, -0.25) is 9.59 Å². The molecule has 0 atom stereocenters. The van der Waals surface area contributed by atoms with Gasteiger partial charge in [-0.15, -0.1) is 0 Å². The molecule has 0 bridgehead atoms. The van der Waals surface area contributed by atoms with E-state index in [0.717, 1.165) is 32.1 Å². The molecule has 1 rings (SSSR count). The predicted octanol–water partition coefficient (Wildman–Crippen LogP) is 5.78. The molecule has 1 aliphatic rings. The number of allylic oxidation sites excluding steroid dienone is 8. The smallest absolute Gasteiger partial charge is 0.323 e. The Morgan fingerprint density at radius 1 is 0.793 bits per heavy atom. The highest BCUT2D eigenvalue weighted by atomic mass is 16.4. The van der Waals surface area contributed by atoms with E-state index in [9.17, 15) is 9.59 Å². The number of hydrogen-bond acceptors (Lipinski definition) is 3. The van der Waals surface area contributed by atoms with E-state index in [1.165, 1.54) is 25.7 Å². The summed E-state index contributed by atoms with van der Waals surface area (Å²) in [4.78, 5) is 20.3. The molecule has 164 valence electrons. The number of carboxylic acid groups (broad SMARTS) is 2. The predicted molar refractivity (Wildman–Crippen MR) is 120 cm³/mol. The second-order valence-electron chi connectivity index (χ2n) is 7.34. The Bertz CT molecular complexity index is 557. The average Bonchev–Trinajstić information content (AvgIpc) is 3.43. The van der Waals surface area contributed by atoms with Gasteiger partial charge in [0.1, 0.15) is 5.54 Å². The number of rotatable bonds is 15. The lowest BCUT2D eigenvalue weighted by molar-refractivity contribution is -0.139. The van der Waals surface area contributed by atoms with Crippen LogP contribution in [0, 0.1) is 0 Å². The Labute approximate surface area is 176 Å². The topological polar surface area (TPSA) is 101 Å². The third-order valence-electron chi connectivity index (χ3n) is 4.43. The van der Waals surface area contributed by atoms with E-state index in [-0.39, 0.29) is 6.42 Å². The molecule has 4 N–H and O–H groups in total. The molecular weight excluding hydrogens is 366 g/mol. The van der Waals surface area contributed by atoms with Crippen molar-refractivity contribution in [3.8, 4) is 0 Å². The monoisotopic (exact) mass is 405 g/mol. The van der Waals surface area contributed by atoms with Crippen LogP contribution in [0.4, 0.5) is 0 Å². The third-order valence-corrected chi connectivity index (χ3v) is 4.43. The van der Waals surface area contributed by atoms with Crippen molar-refractivity contribution in [2.75, 3.05) is 0 Å². The quantitative estimate of drug-likeness (QED) is 0.237. The molecular formula is C24H39NO4. The van der Waals surface area contributed by atoms with E-state index < -0.39 is 17.5 Å². The number of nitrogens with two attached hydrogens (primary N) is 1. The first kappa shape index (κ1) is 26.9. The minimum Gasteiger partial charge on any atom is -0.481 e. The van der Waals surface area contributed by atoms with Crippen LogP contribution < -0.4 is 5.73 Å². The molecule has 0 unspecified atom stereocenters. The summed E-state index contributed by atoms with van der Waals surface area (Å²) >= 11 is 0. The normalized spacial score (nSPS) is 15.2. The third kappa shape index (κ3) is 19.0. The van der Waals surface area contributed by atoms with Gasteiger partial charge in [0.25, 0.3) is 0 Å². The molecule has 0 saturated heterocycles. The van der Waals surface area contributed by atoms with Crippen molar-refractivity contribution in [2.45, 2.75) is 89.5 Å². The van der Waals surface area contributed by atoms with Gasteiger partial charge in [-0.05, 0) is 57.8 Å². The molecule has 0 aromatic carbocycles. The Morgan fingerprint density at radius 2 is 1.24 bits per heavy atom. The number of hydrogen-bond donors (Lipinski definition) is 3. The van der Waals surface area contributed by atoms with Crippen LogP contribution in [0.3, 0.4) is 0 Å². The van der Waals surface area contributed by atoms with Crippen molar-refractivity contribution in [2.24, 2.45) is 5.73 Å². The second-order valence-corrected chi connectivity index (χ2v) is 7.34. The zero-order chi connectivity index (χ0) is 21.8. The highest BCUT2D eigenvalue weighted by molar-refractivity contribution is 5.81. The molecule has 5 heteroatoms. The van der Waals surface area contributed by atoms with Gasteiger partial charge in [-0.2, -0.15) is 0 Å². The SMILES string of the molecule is CCCCCC=CCC=CCC=CCC=CCCCC(=O)O.NC1(C(=O)O)CC1. The van der Waals surface area contributed by atoms with Crippen LogP contribution in [0.5, 0.6) is 0 Å². The van der Waals surface area contributed by atoms with E-state index in [1.54, 1.807) is 0 Å². The lowest BCUT2D eigenvalue weighted by Crippen LogP contribution is -2.31. The summed E-state index contributed by atoms with van der Waals surface area (Å²) < 4.78 is 0. The summed E-state index contributed by atoms with van der Waals surface area (Å²) in [6.07, 6.45) is 28.6. The van der Waals surface area contributed by atoms with E-state index in [0.29, 0.717) is 12.8 Å². The van der Waals surface area contributed by atoms with Crippen molar-refractivity contribution in [3.05, 3.63) is 48.6 Å². The molecule has 0 aromatic rings. The van der Waals surface area contributed by atoms with Gasteiger partial charge in [-0.25, -0.2) is 0 Å². The maximum atomic E-state index is 10.3. The number of carboxylic acids is 2. The first-order valence-electron chi connectivity index (χ1n) is 10.8. The minimum atomic E-state index is -0.868. The van der Waals surface area contributed by atoms with Crippen LogP contribution in [-0.4, -0.2) is 27.7 Å². The minimum absolute atomic E-state index is 0.262. The number of aliphatic carboxylic acids is 2. The Hall–Kier alpha value is -2.14. The van der Waals surface area contributed by atoms with Crippen LogP contribution in [0.25, 0.3) is 0 Å². The molecule has 0 heterocycles. The van der Waals surface area contributed by atoms with Crippen molar-refractivity contribution in [1.29, 1.82) is 0 Å². The van der Waals surface area contributed by atoms with Crippen molar-refractivity contribution in [1.82, 2.24) is 0 Å². The van der Waals surface area contributed by atoms with Gasteiger partial charge < -0.3 is 15.9 Å². The van der Waals surface area contributed by atoms with Gasteiger partial charge in [0.05, 0.1) is 0 Å². The highest BCUT2D eigenvalue weighted by Gasteiger charge is 2.46. The lowest BCUT2D eigenvalue weighted by Gasteiger charge is -1.95. The molecule has 0 spiro atoms. The van der Waals surface area contributed by atoms with Gasteiger partial charge >= 0.3 is 11.9 Å². The fraction of sp³-hybridized carbons (Fsp3) is 0.583. The number of unbranched alkanes of at least 4 members (excludes halogenated alkanes) is 4. The van der Waals surface area contributed by atoms with E-state index in [1.807, 2.05) is 0 Å². The Kier molecular flexibility index (Phi) is 16.6. The molecule has 29 heavy (non-hydrogen) atoms. The van der Waals surface area contributed by atoms with Crippen LogP contribution in [0.1, 0.15) is 84.0 Å². The van der Waals surface area contributed by atoms with Crippen molar-refractivity contribution in [3.63, 3.8) is 0 Å². The van der Waals surface area contributed by atoms with Crippen molar-refractivity contribution >= 4 is 11.9 Å². The lowest BCUT2D eigenvalue weighted by atomic mass is 10.2. The summed E-state index contributed by atoms with van der Waals surface area (Å²) in [6.45, 7) is 2.23. The van der Waals surface area contributed by atoms with Crippen LogP contribution >= 0.6 is 0 Å². The molecule has 0 aromatic heterocycles. The second kappa shape index (κ2) is 17.9. The fourth-order valence-electron chi connectivity index (χ4n) is 2.28. The average molecular weight is 406 g/mol. The molecule has 1 fully saturated rings. The standard InChI is InChI=1S/C20H32O2.C4H7NO2/c1-2-3-4-5-6-7-8-9-10-11-12-13-14-15-16-17-18-19-20(21)22;5-4(1-2-4)3(6)7/h6-7,9-10,12-13,15-16H,2-5,8,11,14,17-19H2,1H3,(H,21,22);1-2,5H2,(H,6,7). The van der Waals surface area contributed by atoms with Crippen LogP contribution in [-0.2, 0) is 9.59 Å². The van der Waals surface area contributed by atoms with Crippen LogP contribution in [0.15, 0.2) is 48.6 Å². The summed E-state index contributed by atoms with van der Waals surface area (Å²) in [5, 5.41) is 16.7. The molecule has 1 aliphatic carbocycles. The molecule has 5 nitrogen and oxygen atoms in total. The van der Waals surface area contributed by atoms with Gasteiger partial charge in [0.15, 0.2) is 0 Å². The summed E-state index contributed by atoms with van der Waals surface area (Å²) in [7, 11) is 0. The van der Waals surface area contributed by atoms with Gasteiger partial charge in [-0.1, -0.05) is 68.4 Å². The Morgan fingerprint density at radius 3 is 1.59 bits per heavy atom. The zero-order valence-corrected chi connectivity index (χ0v) is 17.9. The zero-order valence-electron chi connectivity index (χ0n) is 17.9. The first-order chi connectivity index (χ1) is 13.9. The summed E-state index contributed by atoms with van der Waals surface area (Å²) in [5.41, 5.74) is 4.36. The molecule has 0 amide bonds. The highest BCUT2D eigenvalue weighted by Crippen LogP contribution is 2.31. The maximum absolute atomic E-state index is 10.3. The van der Waals surface area contributed by atoms with Gasteiger partial charge in [0.2, 0.25) is 0 Å². The number of carbonyl (C=O) groups is 2. The molecule has 1 saturated carbocycles. The molecule has 0 radical (unpaired) electrons. The largest absolute Gasteiger partial charge is 0.481 e.